The van der Waals surface area contributed by atoms with Gasteiger partial charge in [-0.3, -0.25) is 24.0 Å². The minimum absolute atomic E-state index is 0.0151. The molecule has 0 unspecified atom stereocenters. The van der Waals surface area contributed by atoms with E-state index in [1.165, 1.54) is 92.4 Å². The quantitative estimate of drug-likeness (QED) is 0.0752. The molecular weight excluding hydrogens is 744 g/mol. The summed E-state index contributed by atoms with van der Waals surface area (Å²) >= 11 is 0. The minimum Gasteiger partial charge on any atom is -0.504 e. The lowest BCUT2D eigenvalue weighted by Crippen LogP contribution is -2.43. The first-order valence-electron chi connectivity index (χ1n) is 16.5. The lowest BCUT2D eigenvalue weighted by atomic mass is 10.1. The maximum atomic E-state index is 13.1. The van der Waals surface area contributed by atoms with E-state index in [0.29, 0.717) is 11.3 Å². The molecule has 4 aromatic carbocycles. The van der Waals surface area contributed by atoms with Crippen molar-refractivity contribution in [3.05, 3.63) is 119 Å². The average Bonchev–Trinajstić information content (AvgIpc) is 3.74. The Kier molecular flexibility index (Phi) is 12.4. The molecule has 8 N–H and O–H groups in total. The first-order valence-corrected chi connectivity index (χ1v) is 16.5. The normalized spacial score (nSPS) is 10.9. The molecule has 1 heterocycles. The monoisotopic (exact) mass is 776 g/mol. The SMILES string of the molecule is COc1c(NC(=O)c2ccc(NC(=O)c3ccc(NC(=O)[C@H](CC#N)NC(=O)c4ccc(NC(=O)c5ccoc5)cc4)cc3)c(OC)c2O)ccc(C(=O)O)c1O. The van der Waals surface area contributed by atoms with Gasteiger partial charge in [0.15, 0.2) is 23.0 Å². The number of phenols is 2. The molecule has 0 fully saturated rings. The van der Waals surface area contributed by atoms with Gasteiger partial charge in [-0.1, -0.05) is 0 Å². The Hall–Kier alpha value is -8.33. The number of benzene rings is 4. The van der Waals surface area contributed by atoms with Gasteiger partial charge in [-0.05, 0) is 78.9 Å². The van der Waals surface area contributed by atoms with Crippen molar-refractivity contribution in [2.45, 2.75) is 12.5 Å². The van der Waals surface area contributed by atoms with Gasteiger partial charge in [0.1, 0.15) is 17.9 Å². The molecule has 290 valence electrons. The van der Waals surface area contributed by atoms with Crippen molar-refractivity contribution in [2.75, 3.05) is 35.5 Å². The van der Waals surface area contributed by atoms with Crippen LogP contribution in [0, 0.1) is 11.3 Å². The van der Waals surface area contributed by atoms with E-state index in [9.17, 15) is 49.3 Å². The van der Waals surface area contributed by atoms with E-state index >= 15 is 0 Å². The number of amides is 5. The molecule has 0 aliphatic heterocycles. The average molecular weight is 777 g/mol. The van der Waals surface area contributed by atoms with Gasteiger partial charge in [-0.15, -0.1) is 0 Å². The third-order valence-electron chi connectivity index (χ3n) is 8.16. The molecule has 5 aromatic rings. The first-order chi connectivity index (χ1) is 27.3. The second-order valence-corrected chi connectivity index (χ2v) is 11.8. The first kappa shape index (κ1) is 39.9. The number of nitrogens with zero attached hydrogens (tertiary/aromatic N) is 1. The molecule has 0 saturated carbocycles. The highest BCUT2D eigenvalue weighted by Gasteiger charge is 2.25. The third kappa shape index (κ3) is 9.25. The van der Waals surface area contributed by atoms with Crippen molar-refractivity contribution in [3.8, 4) is 29.1 Å². The van der Waals surface area contributed by atoms with Crippen LogP contribution in [0.25, 0.3) is 0 Å². The van der Waals surface area contributed by atoms with Crippen molar-refractivity contribution in [3.63, 3.8) is 0 Å². The molecule has 57 heavy (non-hydrogen) atoms. The molecule has 0 radical (unpaired) electrons. The summed E-state index contributed by atoms with van der Waals surface area (Å²) in [5.41, 5.74) is 0.358. The highest BCUT2D eigenvalue weighted by atomic mass is 16.5. The maximum absolute atomic E-state index is 13.1. The Morgan fingerprint density at radius 2 is 1.16 bits per heavy atom. The number of methoxy groups -OCH3 is 2. The number of furan rings is 1. The Morgan fingerprint density at radius 3 is 1.68 bits per heavy atom. The van der Waals surface area contributed by atoms with Crippen LogP contribution in [0.4, 0.5) is 22.7 Å². The highest BCUT2D eigenvalue weighted by molar-refractivity contribution is 6.10. The van der Waals surface area contributed by atoms with Gasteiger partial charge in [0, 0.05) is 22.5 Å². The zero-order valence-electron chi connectivity index (χ0n) is 29.9. The fraction of sp³-hybridized carbons (Fsp3) is 0.103. The fourth-order valence-corrected chi connectivity index (χ4v) is 5.27. The summed E-state index contributed by atoms with van der Waals surface area (Å²) in [4.78, 5) is 75.8. The molecule has 0 aliphatic carbocycles. The van der Waals surface area contributed by atoms with Gasteiger partial charge in [-0.2, -0.15) is 5.26 Å². The van der Waals surface area contributed by atoms with Gasteiger partial charge < -0.3 is 55.8 Å². The number of ether oxygens (including phenoxy) is 2. The molecule has 18 nitrogen and oxygen atoms in total. The molecule has 1 aromatic heterocycles. The third-order valence-corrected chi connectivity index (χ3v) is 8.16. The second-order valence-electron chi connectivity index (χ2n) is 11.8. The number of carboxylic acids is 1. The highest BCUT2D eigenvalue weighted by Crippen LogP contribution is 2.40. The number of hydrogen-bond acceptors (Lipinski definition) is 12. The van der Waals surface area contributed by atoms with E-state index in [0.717, 1.165) is 13.2 Å². The smallest absolute Gasteiger partial charge is 0.339 e. The summed E-state index contributed by atoms with van der Waals surface area (Å²) in [6.45, 7) is 0. The van der Waals surface area contributed by atoms with Gasteiger partial charge in [0.2, 0.25) is 5.91 Å². The molecular formula is C39H32N6O12. The number of aromatic hydroxyl groups is 2. The van der Waals surface area contributed by atoms with E-state index in [1.54, 1.807) is 0 Å². The molecule has 0 saturated heterocycles. The number of nitrogens with one attached hydrogen (secondary N) is 5. The number of nitriles is 1. The van der Waals surface area contributed by atoms with Crippen molar-refractivity contribution < 1.29 is 58.0 Å². The summed E-state index contributed by atoms with van der Waals surface area (Å²) in [7, 11) is 2.35. The van der Waals surface area contributed by atoms with Crippen LogP contribution in [0.5, 0.6) is 23.0 Å². The van der Waals surface area contributed by atoms with E-state index < -0.39 is 58.6 Å². The lowest BCUT2D eigenvalue weighted by molar-refractivity contribution is -0.117. The summed E-state index contributed by atoms with van der Waals surface area (Å²) in [6, 6.07) is 18.3. The van der Waals surface area contributed by atoms with Crippen LogP contribution in [0.3, 0.4) is 0 Å². The van der Waals surface area contributed by atoms with E-state index in [1.807, 2.05) is 6.07 Å². The summed E-state index contributed by atoms with van der Waals surface area (Å²) in [6.07, 6.45) is 2.28. The number of carbonyl (C=O) groups excluding carboxylic acids is 5. The van der Waals surface area contributed by atoms with Gasteiger partial charge in [0.05, 0.1) is 55.5 Å². The van der Waals surface area contributed by atoms with Crippen LogP contribution in [-0.2, 0) is 4.79 Å². The van der Waals surface area contributed by atoms with E-state index in [-0.39, 0.29) is 51.7 Å². The van der Waals surface area contributed by atoms with Crippen LogP contribution in [0.15, 0.2) is 95.8 Å². The zero-order valence-corrected chi connectivity index (χ0v) is 29.9. The van der Waals surface area contributed by atoms with Crippen LogP contribution in [0.1, 0.15) is 58.2 Å². The fourth-order valence-electron chi connectivity index (χ4n) is 5.27. The van der Waals surface area contributed by atoms with Crippen LogP contribution in [-0.4, -0.2) is 71.1 Å². The van der Waals surface area contributed by atoms with Crippen LogP contribution in [0.2, 0.25) is 0 Å². The summed E-state index contributed by atoms with van der Waals surface area (Å²) in [5, 5.41) is 52.5. The Bertz CT molecular complexity index is 2390. The number of phenolic OH excluding ortho intramolecular Hbond substituents is 1. The second kappa shape index (κ2) is 17.7. The molecule has 5 rings (SSSR count). The maximum Gasteiger partial charge on any atom is 0.339 e. The molecule has 0 aliphatic rings. The van der Waals surface area contributed by atoms with Crippen LogP contribution < -0.4 is 36.1 Å². The molecule has 1 atom stereocenters. The van der Waals surface area contributed by atoms with Crippen molar-refractivity contribution in [2.24, 2.45) is 0 Å². The number of carbonyl (C=O) groups is 6. The number of rotatable bonds is 14. The van der Waals surface area contributed by atoms with Gasteiger partial charge >= 0.3 is 5.97 Å². The standard InChI is InChI=1S/C39H32N6O12/c1-55-32-27(13-11-25(30(32)46)37(51)44-28-14-12-26(39(53)54)31(47)33(28)56-2)43-34(48)20-5-9-24(10-6-20)42-38(52)29(15-17-40)45-35(49)21-3-7-23(8-4-21)41-36(50)22-16-18-57-19-22/h3-14,16,18-19,29,46-47H,15H2,1-2H3,(H,41,50)(H,42,52)(H,43,48)(H,44,51)(H,45,49)(H,53,54)/t29-/m0/s1. The minimum atomic E-state index is -1.42. The van der Waals surface area contributed by atoms with Crippen molar-refractivity contribution in [1.82, 2.24) is 5.32 Å². The molecule has 0 spiro atoms. The largest absolute Gasteiger partial charge is 0.504 e. The predicted molar refractivity (Wildman–Crippen MR) is 202 cm³/mol. The van der Waals surface area contributed by atoms with E-state index in [2.05, 4.69) is 26.6 Å². The topological polar surface area (TPSA) is 279 Å². The molecule has 0 bridgehead atoms. The Morgan fingerprint density at radius 1 is 0.649 bits per heavy atom. The van der Waals surface area contributed by atoms with Crippen molar-refractivity contribution >= 4 is 58.3 Å². The number of anilines is 4. The summed E-state index contributed by atoms with van der Waals surface area (Å²) < 4.78 is 15.2. The number of hydrogen-bond donors (Lipinski definition) is 8. The molecule has 18 heteroatoms. The van der Waals surface area contributed by atoms with Crippen molar-refractivity contribution in [1.29, 1.82) is 5.26 Å². The number of carboxylic acid groups (broad SMARTS) is 1. The lowest BCUT2D eigenvalue weighted by Gasteiger charge is -2.17. The van der Waals surface area contributed by atoms with Crippen LogP contribution >= 0.6 is 0 Å². The summed E-state index contributed by atoms with van der Waals surface area (Å²) in [5.74, 6) is -6.70. The zero-order chi connectivity index (χ0) is 41.2. The Labute approximate surface area is 322 Å². The van der Waals surface area contributed by atoms with Gasteiger partial charge in [-0.25, -0.2) is 4.79 Å². The Balaban J connectivity index is 1.20. The molecule has 5 amide bonds. The van der Waals surface area contributed by atoms with Gasteiger partial charge in [0.25, 0.3) is 23.6 Å². The predicted octanol–water partition coefficient (Wildman–Crippen LogP) is 4.81. The number of aromatic carboxylic acids is 1. The van der Waals surface area contributed by atoms with E-state index in [4.69, 9.17) is 13.9 Å².